The maximum absolute atomic E-state index is 14.3. The SMILES string of the molecule is Cc1nc(C(Oc2ncc(-c3nnc(C(F)F)o3)cn2)c2c(F)cccc2F)no1. The molecule has 0 radical (unpaired) electrons. The van der Waals surface area contributed by atoms with Crippen molar-refractivity contribution < 1.29 is 31.2 Å². The Balaban J connectivity index is 1.65. The molecule has 4 rings (SSSR count). The highest BCUT2D eigenvalue weighted by molar-refractivity contribution is 5.49. The molecular formula is C17H10F4N6O3. The number of aromatic nitrogens is 6. The Kier molecular flexibility index (Phi) is 5.08. The number of nitrogens with zero attached hydrogens (tertiary/aromatic N) is 6. The van der Waals surface area contributed by atoms with Gasteiger partial charge in [-0.3, -0.25) is 0 Å². The van der Waals surface area contributed by atoms with Crippen molar-refractivity contribution in [3.05, 3.63) is 65.4 Å². The van der Waals surface area contributed by atoms with Crippen LogP contribution in [-0.4, -0.2) is 30.3 Å². The number of ether oxygens (including phenoxy) is 1. The Morgan fingerprint density at radius 1 is 1.03 bits per heavy atom. The van der Waals surface area contributed by atoms with Crippen molar-refractivity contribution in [1.82, 2.24) is 30.3 Å². The van der Waals surface area contributed by atoms with Gasteiger partial charge < -0.3 is 13.7 Å². The Morgan fingerprint density at radius 3 is 2.30 bits per heavy atom. The van der Waals surface area contributed by atoms with E-state index in [1.54, 1.807) is 0 Å². The van der Waals surface area contributed by atoms with Crippen LogP contribution in [0.1, 0.15) is 35.7 Å². The Hall–Kier alpha value is -3.90. The first kappa shape index (κ1) is 19.4. The van der Waals surface area contributed by atoms with Gasteiger partial charge in [0.2, 0.25) is 11.7 Å². The van der Waals surface area contributed by atoms with Crippen LogP contribution < -0.4 is 4.74 Å². The highest BCUT2D eigenvalue weighted by Gasteiger charge is 2.29. The van der Waals surface area contributed by atoms with Gasteiger partial charge in [0.25, 0.3) is 11.8 Å². The lowest BCUT2D eigenvalue weighted by Gasteiger charge is -2.16. The first-order valence-electron chi connectivity index (χ1n) is 8.27. The zero-order valence-corrected chi connectivity index (χ0v) is 15.0. The van der Waals surface area contributed by atoms with E-state index in [9.17, 15) is 17.6 Å². The topological polar surface area (TPSA) is 113 Å². The third-order valence-electron chi connectivity index (χ3n) is 3.77. The quantitative estimate of drug-likeness (QED) is 0.430. The molecule has 0 N–H and O–H groups in total. The molecule has 30 heavy (non-hydrogen) atoms. The Morgan fingerprint density at radius 2 is 1.73 bits per heavy atom. The standard InChI is InChI=1S/C17H10F4N6O3/c1-7-24-14(27-30-7)12(11-9(18)3-2-4-10(11)19)28-17-22-5-8(6-23-17)15-25-26-16(29-15)13(20)21/h2-6,12-13H,1H3. The summed E-state index contributed by atoms with van der Waals surface area (Å²) in [7, 11) is 0. The van der Waals surface area contributed by atoms with Gasteiger partial charge in [-0.05, 0) is 12.1 Å². The summed E-state index contributed by atoms with van der Waals surface area (Å²) in [6.07, 6.45) is -2.07. The monoisotopic (exact) mass is 422 g/mol. The van der Waals surface area contributed by atoms with E-state index in [-0.39, 0.29) is 29.2 Å². The molecule has 0 aliphatic heterocycles. The molecule has 4 aromatic rings. The predicted octanol–water partition coefficient (Wildman–Crippen LogP) is 3.60. The molecule has 9 nitrogen and oxygen atoms in total. The summed E-state index contributed by atoms with van der Waals surface area (Å²) in [5.74, 6) is -2.88. The van der Waals surface area contributed by atoms with Crippen molar-refractivity contribution in [3.63, 3.8) is 0 Å². The average molecular weight is 422 g/mol. The van der Waals surface area contributed by atoms with E-state index in [0.717, 1.165) is 24.5 Å². The van der Waals surface area contributed by atoms with Crippen LogP contribution in [0.5, 0.6) is 6.01 Å². The largest absolute Gasteiger partial charge is 0.447 e. The van der Waals surface area contributed by atoms with Gasteiger partial charge in [-0.1, -0.05) is 11.2 Å². The van der Waals surface area contributed by atoms with Crippen LogP contribution in [0.25, 0.3) is 11.5 Å². The summed E-state index contributed by atoms with van der Waals surface area (Å²) >= 11 is 0. The molecule has 13 heteroatoms. The van der Waals surface area contributed by atoms with Crippen LogP contribution in [0.3, 0.4) is 0 Å². The van der Waals surface area contributed by atoms with E-state index >= 15 is 0 Å². The highest BCUT2D eigenvalue weighted by atomic mass is 19.3. The Labute approximate surface area is 164 Å². The predicted molar refractivity (Wildman–Crippen MR) is 88.1 cm³/mol. The lowest BCUT2D eigenvalue weighted by Crippen LogP contribution is -2.16. The van der Waals surface area contributed by atoms with Gasteiger partial charge in [0.1, 0.15) is 11.6 Å². The summed E-state index contributed by atoms with van der Waals surface area (Å²) in [5.41, 5.74) is -0.338. The molecule has 0 spiro atoms. The van der Waals surface area contributed by atoms with Crippen molar-refractivity contribution in [1.29, 1.82) is 0 Å². The number of halogens is 4. The molecule has 0 aliphatic carbocycles. The molecule has 1 unspecified atom stereocenters. The second kappa shape index (κ2) is 7.85. The van der Waals surface area contributed by atoms with Crippen molar-refractivity contribution in [2.45, 2.75) is 19.5 Å². The fourth-order valence-corrected chi connectivity index (χ4v) is 2.46. The molecule has 0 aliphatic rings. The van der Waals surface area contributed by atoms with E-state index in [4.69, 9.17) is 13.7 Å². The summed E-state index contributed by atoms with van der Waals surface area (Å²) in [6.45, 7) is 1.49. The number of benzene rings is 1. The second-order valence-corrected chi connectivity index (χ2v) is 5.81. The number of aryl methyl sites for hydroxylation is 1. The third kappa shape index (κ3) is 3.81. The van der Waals surface area contributed by atoms with Gasteiger partial charge in [0.05, 0.1) is 11.1 Å². The van der Waals surface area contributed by atoms with Crippen LogP contribution in [0.15, 0.2) is 39.5 Å². The van der Waals surface area contributed by atoms with Gasteiger partial charge in [-0.2, -0.15) is 13.8 Å². The van der Waals surface area contributed by atoms with Crippen molar-refractivity contribution in [2.24, 2.45) is 0 Å². The van der Waals surface area contributed by atoms with Crippen LogP contribution in [0, 0.1) is 18.6 Å². The third-order valence-corrected chi connectivity index (χ3v) is 3.77. The van der Waals surface area contributed by atoms with E-state index in [1.165, 1.54) is 13.0 Å². The summed E-state index contributed by atoms with van der Waals surface area (Å²) in [5, 5.41) is 10.3. The normalized spacial score (nSPS) is 12.3. The second-order valence-electron chi connectivity index (χ2n) is 5.81. The molecule has 0 saturated carbocycles. The maximum Gasteiger partial charge on any atom is 0.317 e. The minimum Gasteiger partial charge on any atom is -0.447 e. The molecule has 154 valence electrons. The highest BCUT2D eigenvalue weighted by Crippen LogP contribution is 2.30. The van der Waals surface area contributed by atoms with Crippen LogP contribution in [0.4, 0.5) is 17.6 Å². The molecule has 0 fully saturated rings. The van der Waals surface area contributed by atoms with Crippen molar-refractivity contribution in [2.75, 3.05) is 0 Å². The first-order chi connectivity index (χ1) is 14.4. The molecule has 0 saturated heterocycles. The van der Waals surface area contributed by atoms with Crippen LogP contribution in [-0.2, 0) is 0 Å². The van der Waals surface area contributed by atoms with Gasteiger partial charge in [0, 0.05) is 19.3 Å². The van der Waals surface area contributed by atoms with Gasteiger partial charge in [-0.25, -0.2) is 18.7 Å². The molecule has 0 bridgehead atoms. The molecular weight excluding hydrogens is 412 g/mol. The average Bonchev–Trinajstić information content (AvgIpc) is 3.37. The van der Waals surface area contributed by atoms with Crippen molar-refractivity contribution in [3.8, 4) is 17.5 Å². The summed E-state index contributed by atoms with van der Waals surface area (Å²) in [6, 6.07) is 2.97. The number of rotatable bonds is 6. The smallest absolute Gasteiger partial charge is 0.317 e. The lowest BCUT2D eigenvalue weighted by molar-refractivity contribution is 0.116. The van der Waals surface area contributed by atoms with Crippen LogP contribution >= 0.6 is 0 Å². The zero-order chi connectivity index (χ0) is 21.3. The number of hydrogen-bond donors (Lipinski definition) is 0. The molecule has 1 aromatic carbocycles. The van der Waals surface area contributed by atoms with E-state index in [0.29, 0.717) is 0 Å². The molecule has 3 heterocycles. The number of alkyl halides is 2. The first-order valence-corrected chi connectivity index (χ1v) is 8.27. The van der Waals surface area contributed by atoms with Gasteiger partial charge >= 0.3 is 12.4 Å². The van der Waals surface area contributed by atoms with E-state index < -0.39 is 35.6 Å². The van der Waals surface area contributed by atoms with Crippen LogP contribution in [0.2, 0.25) is 0 Å². The fourth-order valence-electron chi connectivity index (χ4n) is 2.46. The minimum atomic E-state index is -2.93. The summed E-state index contributed by atoms with van der Waals surface area (Å²) < 4.78 is 68.9. The minimum absolute atomic E-state index is 0.130. The summed E-state index contributed by atoms with van der Waals surface area (Å²) in [4.78, 5) is 11.7. The fraction of sp³-hybridized carbons (Fsp3) is 0.176. The Bertz CT molecular complexity index is 1140. The van der Waals surface area contributed by atoms with E-state index in [2.05, 4.69) is 30.3 Å². The molecule has 3 aromatic heterocycles. The van der Waals surface area contributed by atoms with Gasteiger partial charge in [-0.15, -0.1) is 10.2 Å². The van der Waals surface area contributed by atoms with Crippen molar-refractivity contribution >= 4 is 0 Å². The maximum atomic E-state index is 14.3. The molecule has 0 amide bonds. The molecule has 1 atom stereocenters. The van der Waals surface area contributed by atoms with Gasteiger partial charge in [0.15, 0.2) is 6.10 Å². The zero-order valence-electron chi connectivity index (χ0n) is 15.0. The van der Waals surface area contributed by atoms with E-state index in [1.807, 2.05) is 0 Å². The lowest BCUT2D eigenvalue weighted by atomic mass is 10.1. The number of hydrogen-bond acceptors (Lipinski definition) is 9.